The molecule has 0 spiro atoms. The lowest BCUT2D eigenvalue weighted by molar-refractivity contribution is -0.0349. The van der Waals surface area contributed by atoms with Crippen LogP contribution in [0.5, 0.6) is 0 Å². The Morgan fingerprint density at radius 3 is 1.70 bits per heavy atom. The maximum Gasteiger partial charge on any atom is 0.353 e. The maximum absolute atomic E-state index is 11.8. The molecule has 0 radical (unpaired) electrons. The summed E-state index contributed by atoms with van der Waals surface area (Å²) in [4.78, 5) is 0. The first-order chi connectivity index (χ1) is 4.61. The highest BCUT2D eigenvalue weighted by Gasteiger charge is 2.36. The molecule has 0 bridgehead atoms. The molecule has 2 unspecified atom stereocenters. The summed E-state index contributed by atoms with van der Waals surface area (Å²) in [6.07, 6.45) is -7.27. The van der Waals surface area contributed by atoms with Gasteiger partial charge in [-0.15, -0.1) is 0 Å². The lowest BCUT2D eigenvalue weighted by Crippen LogP contribution is -2.09. The number of hydrogen-bond acceptors (Lipinski definition) is 2. The van der Waals surface area contributed by atoms with Crippen LogP contribution >= 0.6 is 0 Å². The highest BCUT2D eigenvalue weighted by Crippen LogP contribution is 2.26. The molecule has 2 nitrogen and oxygen atoms in total. The molecule has 0 saturated carbocycles. The Morgan fingerprint density at radius 2 is 1.50 bits per heavy atom. The van der Waals surface area contributed by atoms with Gasteiger partial charge in [-0.2, -0.15) is 17.6 Å². The predicted molar refractivity (Wildman–Crippen MR) is 21.2 cm³/mol. The quantitative estimate of drug-likeness (QED) is 0.499. The summed E-state index contributed by atoms with van der Waals surface area (Å²) in [5, 5.41) is 0. The Kier molecular flexibility index (Phi) is 1.69. The Labute approximate surface area is 53.0 Å². The summed E-state index contributed by atoms with van der Waals surface area (Å²) >= 11 is 0. The SMILES string of the molecule is FC(F)=C1OC(F)C(F)O1. The second-order valence-electron chi connectivity index (χ2n) is 1.49. The molecule has 1 fully saturated rings. The first-order valence-electron chi connectivity index (χ1n) is 2.28. The predicted octanol–water partition coefficient (Wildman–Crippen LogP) is 1.69. The summed E-state index contributed by atoms with van der Waals surface area (Å²) in [6.45, 7) is 0. The third-order valence-corrected chi connectivity index (χ3v) is 0.800. The van der Waals surface area contributed by atoms with E-state index >= 15 is 0 Å². The van der Waals surface area contributed by atoms with E-state index in [4.69, 9.17) is 0 Å². The van der Waals surface area contributed by atoms with Gasteiger partial charge in [-0.25, -0.2) is 0 Å². The van der Waals surface area contributed by atoms with Crippen LogP contribution < -0.4 is 0 Å². The fourth-order valence-electron chi connectivity index (χ4n) is 0.428. The molecule has 0 aromatic heterocycles. The zero-order valence-corrected chi connectivity index (χ0v) is 4.48. The monoisotopic (exact) mass is 158 g/mol. The second-order valence-corrected chi connectivity index (χ2v) is 1.49. The van der Waals surface area contributed by atoms with Crippen LogP contribution in [-0.2, 0) is 9.47 Å². The van der Waals surface area contributed by atoms with Crippen molar-refractivity contribution in [2.24, 2.45) is 0 Å². The molecule has 1 aliphatic rings. The van der Waals surface area contributed by atoms with Crippen molar-refractivity contribution in [1.82, 2.24) is 0 Å². The smallest absolute Gasteiger partial charge is 0.353 e. The van der Waals surface area contributed by atoms with Crippen LogP contribution in [0.2, 0.25) is 0 Å². The molecule has 58 valence electrons. The molecule has 2 atom stereocenters. The van der Waals surface area contributed by atoms with Crippen LogP contribution in [0.4, 0.5) is 17.6 Å². The molecule has 1 rings (SSSR count). The first kappa shape index (κ1) is 7.17. The Morgan fingerprint density at radius 1 is 1.10 bits per heavy atom. The Hall–Kier alpha value is -0.940. The van der Waals surface area contributed by atoms with Crippen molar-refractivity contribution in [2.75, 3.05) is 0 Å². The maximum atomic E-state index is 11.8. The molecule has 0 N–H and O–H groups in total. The minimum atomic E-state index is -2.45. The van der Waals surface area contributed by atoms with Crippen LogP contribution in [0.15, 0.2) is 12.0 Å². The Balaban J connectivity index is 2.66. The van der Waals surface area contributed by atoms with Gasteiger partial charge in [0, 0.05) is 0 Å². The molecule has 10 heavy (non-hydrogen) atoms. The summed E-state index contributed by atoms with van der Waals surface area (Å²) in [6, 6.07) is 0. The third-order valence-electron chi connectivity index (χ3n) is 0.800. The zero-order chi connectivity index (χ0) is 7.72. The highest BCUT2D eigenvalue weighted by atomic mass is 19.3. The molecule has 0 aliphatic carbocycles. The van der Waals surface area contributed by atoms with Crippen LogP contribution in [0, 0.1) is 0 Å². The van der Waals surface area contributed by atoms with Gasteiger partial charge in [0.1, 0.15) is 0 Å². The average molecular weight is 158 g/mol. The van der Waals surface area contributed by atoms with Gasteiger partial charge in [-0.1, -0.05) is 0 Å². The molecule has 1 aliphatic heterocycles. The summed E-state index contributed by atoms with van der Waals surface area (Å²) in [7, 11) is 0. The van der Waals surface area contributed by atoms with Crippen molar-refractivity contribution in [3.63, 3.8) is 0 Å². The van der Waals surface area contributed by atoms with E-state index in [0.717, 1.165) is 0 Å². The van der Waals surface area contributed by atoms with E-state index in [1.165, 1.54) is 0 Å². The van der Waals surface area contributed by atoms with Gasteiger partial charge in [0.25, 0.3) is 0 Å². The van der Waals surface area contributed by atoms with Crippen molar-refractivity contribution in [1.29, 1.82) is 0 Å². The molecular formula is C4H2F4O2. The van der Waals surface area contributed by atoms with Crippen molar-refractivity contribution < 1.29 is 27.0 Å². The van der Waals surface area contributed by atoms with Crippen LogP contribution in [0.3, 0.4) is 0 Å². The minimum Gasteiger partial charge on any atom is -0.420 e. The second kappa shape index (κ2) is 2.36. The molecule has 6 heteroatoms. The van der Waals surface area contributed by atoms with E-state index < -0.39 is 24.7 Å². The van der Waals surface area contributed by atoms with E-state index in [0.29, 0.717) is 0 Å². The fraction of sp³-hybridized carbons (Fsp3) is 0.500. The van der Waals surface area contributed by atoms with Crippen molar-refractivity contribution in [3.05, 3.63) is 12.0 Å². The van der Waals surface area contributed by atoms with Gasteiger partial charge in [0.2, 0.25) is 0 Å². The number of hydrogen-bond donors (Lipinski definition) is 0. The number of halogens is 4. The third kappa shape index (κ3) is 1.14. The lowest BCUT2D eigenvalue weighted by Gasteiger charge is -1.93. The fourth-order valence-corrected chi connectivity index (χ4v) is 0.428. The van der Waals surface area contributed by atoms with Gasteiger partial charge in [0.05, 0.1) is 0 Å². The van der Waals surface area contributed by atoms with E-state index in [1.54, 1.807) is 0 Å². The number of ether oxygens (including phenoxy) is 2. The van der Waals surface area contributed by atoms with Gasteiger partial charge in [-0.3, -0.25) is 0 Å². The van der Waals surface area contributed by atoms with E-state index in [9.17, 15) is 17.6 Å². The molecule has 1 heterocycles. The van der Waals surface area contributed by atoms with E-state index in [-0.39, 0.29) is 0 Å². The van der Waals surface area contributed by atoms with Gasteiger partial charge >= 0.3 is 24.7 Å². The number of alkyl halides is 2. The van der Waals surface area contributed by atoms with Gasteiger partial charge in [-0.05, 0) is 0 Å². The summed E-state index contributed by atoms with van der Waals surface area (Å²) < 4.78 is 53.6. The standard InChI is InChI=1S/C4H2F4O2/c5-1(6)4-9-2(7)3(8)10-4/h2-3H. The van der Waals surface area contributed by atoms with Crippen molar-refractivity contribution >= 4 is 0 Å². The van der Waals surface area contributed by atoms with Gasteiger partial charge < -0.3 is 9.47 Å². The largest absolute Gasteiger partial charge is 0.420 e. The van der Waals surface area contributed by atoms with Crippen molar-refractivity contribution in [3.8, 4) is 0 Å². The van der Waals surface area contributed by atoms with Crippen molar-refractivity contribution in [2.45, 2.75) is 12.7 Å². The summed E-state index contributed by atoms with van der Waals surface area (Å²) in [5.74, 6) is -1.38. The van der Waals surface area contributed by atoms with E-state index in [1.807, 2.05) is 0 Å². The van der Waals surface area contributed by atoms with Crippen LogP contribution in [0.25, 0.3) is 0 Å². The zero-order valence-electron chi connectivity index (χ0n) is 4.48. The topological polar surface area (TPSA) is 18.5 Å². The molecule has 0 amide bonds. The minimum absolute atomic E-state index is 1.38. The van der Waals surface area contributed by atoms with E-state index in [2.05, 4.69) is 9.47 Å². The molecule has 1 saturated heterocycles. The Bertz CT molecular complexity index is 153. The van der Waals surface area contributed by atoms with Crippen LogP contribution in [0.1, 0.15) is 0 Å². The normalized spacial score (nSPS) is 31.4. The first-order valence-corrected chi connectivity index (χ1v) is 2.28. The highest BCUT2D eigenvalue weighted by molar-refractivity contribution is 4.88. The number of rotatable bonds is 0. The lowest BCUT2D eigenvalue weighted by atomic mass is 10.7. The molecule has 0 aromatic rings. The van der Waals surface area contributed by atoms with Crippen LogP contribution in [-0.4, -0.2) is 12.7 Å². The summed E-state index contributed by atoms with van der Waals surface area (Å²) in [5.41, 5.74) is 0. The molecular weight excluding hydrogens is 156 g/mol. The average Bonchev–Trinajstić information content (AvgIpc) is 2.13. The molecule has 0 aromatic carbocycles. The van der Waals surface area contributed by atoms with Gasteiger partial charge in [0.15, 0.2) is 0 Å².